The van der Waals surface area contributed by atoms with Crippen LogP contribution >= 0.6 is 0 Å². The Morgan fingerprint density at radius 1 is 1.00 bits per heavy atom. The first-order chi connectivity index (χ1) is 12.7. The number of aliphatic hydroxyl groups is 1. The predicted octanol–water partition coefficient (Wildman–Crippen LogP) is 1.40. The topological polar surface area (TPSA) is 140 Å². The largest absolute Gasteiger partial charge is 1.00 e. The third-order valence-corrected chi connectivity index (χ3v) is 3.38. The molecule has 0 saturated carbocycles. The number of azide groups is 1. The fourth-order valence-electron chi connectivity index (χ4n) is 2.14. The summed E-state index contributed by atoms with van der Waals surface area (Å²) in [5, 5.41) is 12.7. The summed E-state index contributed by atoms with van der Waals surface area (Å²) in [6.45, 7) is 1.08. The van der Waals surface area contributed by atoms with Crippen molar-refractivity contribution in [3.63, 3.8) is 0 Å². The molecule has 0 amide bonds. The molecular formula is C18H21N6NaO2. The number of hydrogen-bond acceptors (Lipinski definition) is 3. The molecule has 2 aromatic carbocycles. The van der Waals surface area contributed by atoms with E-state index >= 15 is 0 Å². The number of epoxide rings is 1. The fourth-order valence-corrected chi connectivity index (χ4v) is 2.14. The molecule has 1 fully saturated rings. The maximum absolute atomic E-state index is 9.37. The molecule has 1 aliphatic heterocycles. The monoisotopic (exact) mass is 376 g/mol. The second-order valence-electron chi connectivity index (χ2n) is 5.49. The third-order valence-electron chi connectivity index (χ3n) is 3.38. The Bertz CT molecular complexity index is 700. The molecule has 0 aliphatic carbocycles. The van der Waals surface area contributed by atoms with E-state index in [9.17, 15) is 5.11 Å². The molecule has 1 N–H and O–H groups in total. The predicted molar refractivity (Wildman–Crippen MR) is 100 cm³/mol. The zero-order valence-electron chi connectivity index (χ0n) is 15.3. The molecule has 0 bridgehead atoms. The van der Waals surface area contributed by atoms with Crippen LogP contribution in [0.3, 0.4) is 0 Å². The normalized spacial score (nSPS) is 14.3. The van der Waals surface area contributed by atoms with Crippen LogP contribution in [0, 0.1) is 0 Å². The van der Waals surface area contributed by atoms with Crippen LogP contribution in [-0.4, -0.2) is 30.5 Å². The van der Waals surface area contributed by atoms with Gasteiger partial charge in [0.15, 0.2) is 0 Å². The van der Waals surface area contributed by atoms with Gasteiger partial charge in [0, 0.05) is 11.3 Å². The van der Waals surface area contributed by atoms with Crippen molar-refractivity contribution < 1.29 is 39.4 Å². The molecule has 27 heavy (non-hydrogen) atoms. The summed E-state index contributed by atoms with van der Waals surface area (Å²) in [6, 6.07) is 20.1. The van der Waals surface area contributed by atoms with Gasteiger partial charge in [-0.3, -0.25) is 4.91 Å². The fraction of sp³-hybridized carbons (Fsp3) is 0.333. The van der Waals surface area contributed by atoms with E-state index < -0.39 is 6.10 Å². The average Bonchev–Trinajstić information content (AvgIpc) is 3.47. The van der Waals surface area contributed by atoms with E-state index in [-0.39, 0.29) is 36.1 Å². The molecule has 2 unspecified atom stereocenters. The molecule has 2 aromatic rings. The van der Waals surface area contributed by atoms with E-state index in [0.29, 0.717) is 12.5 Å². The summed E-state index contributed by atoms with van der Waals surface area (Å²) in [7, 11) is 0. The van der Waals surface area contributed by atoms with Gasteiger partial charge in [-0.15, -0.1) is 0 Å². The van der Waals surface area contributed by atoms with Gasteiger partial charge in [0.05, 0.1) is 25.4 Å². The van der Waals surface area contributed by atoms with Crippen LogP contribution in [0.2, 0.25) is 0 Å². The molecule has 9 heteroatoms. The van der Waals surface area contributed by atoms with E-state index in [4.69, 9.17) is 21.3 Å². The van der Waals surface area contributed by atoms with Crippen molar-refractivity contribution in [3.05, 3.63) is 98.2 Å². The van der Waals surface area contributed by atoms with Crippen molar-refractivity contribution in [3.8, 4) is 0 Å². The van der Waals surface area contributed by atoms with Gasteiger partial charge in [0.25, 0.3) is 0 Å². The first-order valence-corrected chi connectivity index (χ1v) is 8.06. The molecule has 1 heterocycles. The van der Waals surface area contributed by atoms with Gasteiger partial charge < -0.3 is 20.9 Å². The number of rotatable bonds is 6. The quantitative estimate of drug-likeness (QED) is 0.268. The molecular weight excluding hydrogens is 355 g/mol. The Morgan fingerprint density at radius 3 is 1.93 bits per heavy atom. The average molecular weight is 376 g/mol. The Kier molecular flexibility index (Phi) is 15.0. The van der Waals surface area contributed by atoms with Crippen LogP contribution in [0.1, 0.15) is 11.1 Å². The minimum Gasteiger partial charge on any atom is -0.393 e. The maximum atomic E-state index is 9.37. The second kappa shape index (κ2) is 16.2. The number of nitrogens with zero attached hydrogens (tertiary/aromatic N) is 6. The first kappa shape index (κ1) is 25.0. The van der Waals surface area contributed by atoms with Crippen molar-refractivity contribution >= 4 is 0 Å². The summed E-state index contributed by atoms with van der Waals surface area (Å²) in [5.41, 5.74) is 24.0. The maximum Gasteiger partial charge on any atom is 1.00 e. The van der Waals surface area contributed by atoms with E-state index in [1.807, 2.05) is 36.4 Å². The molecule has 0 radical (unpaired) electrons. The van der Waals surface area contributed by atoms with Gasteiger partial charge in [0.1, 0.15) is 0 Å². The van der Waals surface area contributed by atoms with E-state index in [2.05, 4.69) is 34.3 Å². The van der Waals surface area contributed by atoms with Crippen molar-refractivity contribution in [1.29, 1.82) is 0 Å². The zero-order valence-corrected chi connectivity index (χ0v) is 17.3. The van der Waals surface area contributed by atoms with Gasteiger partial charge in [-0.2, -0.15) is 0 Å². The van der Waals surface area contributed by atoms with E-state index in [1.165, 1.54) is 10.5 Å². The zero-order chi connectivity index (χ0) is 19.0. The van der Waals surface area contributed by atoms with Crippen LogP contribution in [0.5, 0.6) is 0 Å². The van der Waals surface area contributed by atoms with Crippen molar-refractivity contribution in [2.45, 2.75) is 25.0 Å². The van der Waals surface area contributed by atoms with Crippen LogP contribution in [-0.2, 0) is 17.6 Å². The van der Waals surface area contributed by atoms with E-state index in [1.54, 1.807) is 0 Å². The molecule has 0 spiro atoms. The van der Waals surface area contributed by atoms with Crippen LogP contribution in [0.15, 0.2) is 65.8 Å². The number of ether oxygens (including phenoxy) is 1. The number of aliphatic hydroxyl groups excluding tert-OH is 1. The van der Waals surface area contributed by atoms with Gasteiger partial charge in [-0.1, -0.05) is 65.8 Å². The molecule has 8 nitrogen and oxygen atoms in total. The Hall–Kier alpha value is -2.02. The first-order valence-electron chi connectivity index (χ1n) is 8.06. The van der Waals surface area contributed by atoms with E-state index in [0.717, 1.165) is 18.6 Å². The van der Waals surface area contributed by atoms with Crippen molar-refractivity contribution in [2.75, 3.05) is 13.2 Å². The summed E-state index contributed by atoms with van der Waals surface area (Å²) in [4.78, 5) is 4.08. The van der Waals surface area contributed by atoms with Gasteiger partial charge in [-0.25, -0.2) is 0 Å². The van der Waals surface area contributed by atoms with Crippen molar-refractivity contribution in [1.82, 2.24) is 0 Å². The molecule has 0 aromatic heterocycles. The molecule has 1 aliphatic rings. The number of hydrogen-bond donors (Lipinski definition) is 1. The Balaban J connectivity index is 0.000000431. The van der Waals surface area contributed by atoms with Gasteiger partial charge in [0.2, 0.25) is 0 Å². The summed E-state index contributed by atoms with van der Waals surface area (Å²) in [6.07, 6.45) is 1.54. The van der Waals surface area contributed by atoms with Crippen molar-refractivity contribution in [2.24, 2.45) is 5.11 Å². The standard InChI is InChI=1S/C9H11N3O.C9H10O.N3.Na/c10-12-11-7-9(13)6-8-4-2-1-3-5-8;1-2-4-8(5-3-1)6-9-7-10-9;1-3-2;/h1-5,9,13H,6-7H2;1-5,9H,6-7H2;;/q;;-1;+1. The minimum atomic E-state index is -0.585. The minimum absolute atomic E-state index is 0. The van der Waals surface area contributed by atoms with Crippen LogP contribution in [0.4, 0.5) is 0 Å². The third kappa shape index (κ3) is 13.8. The summed E-state index contributed by atoms with van der Waals surface area (Å²) in [5.74, 6) is 0. The van der Waals surface area contributed by atoms with Gasteiger partial charge >= 0.3 is 29.6 Å². The van der Waals surface area contributed by atoms with Crippen LogP contribution in [0.25, 0.3) is 26.4 Å². The molecule has 1 saturated heterocycles. The Morgan fingerprint density at radius 2 is 1.48 bits per heavy atom. The Labute approximate surface area is 180 Å². The second-order valence-corrected chi connectivity index (χ2v) is 5.49. The summed E-state index contributed by atoms with van der Waals surface area (Å²) < 4.78 is 5.11. The molecule has 3 rings (SSSR count). The SMILES string of the molecule is [N-]=[N+]=NCC(O)Cc1ccccc1.[N-]=[N+]=[N-].[Na+].c1ccc(CC2CO2)cc1. The summed E-state index contributed by atoms with van der Waals surface area (Å²) >= 11 is 0. The smallest absolute Gasteiger partial charge is 0.393 e. The molecule has 136 valence electrons. The molecule has 2 atom stereocenters. The van der Waals surface area contributed by atoms with Gasteiger partial charge in [-0.05, 0) is 23.1 Å². The number of benzene rings is 2. The van der Waals surface area contributed by atoms with Crippen LogP contribution < -0.4 is 29.6 Å².